The minimum atomic E-state index is -0.443. The number of carbonyl (C=O) groups excluding carboxylic acids is 2. The second-order valence-electron chi connectivity index (χ2n) is 7.42. The zero-order valence-electron chi connectivity index (χ0n) is 18.5. The van der Waals surface area contributed by atoms with Crippen molar-refractivity contribution in [1.82, 2.24) is 10.3 Å². The van der Waals surface area contributed by atoms with Crippen LogP contribution in [0.5, 0.6) is 17.2 Å². The summed E-state index contributed by atoms with van der Waals surface area (Å²) in [5.74, 6) is 1.43. The van der Waals surface area contributed by atoms with Crippen LogP contribution in [0.1, 0.15) is 12.0 Å². The molecule has 0 spiro atoms. The third-order valence-corrected chi connectivity index (χ3v) is 5.19. The summed E-state index contributed by atoms with van der Waals surface area (Å²) >= 11 is 0. The maximum Gasteiger partial charge on any atom is 0.227 e. The number of methoxy groups -OCH3 is 3. The van der Waals surface area contributed by atoms with E-state index in [-0.39, 0.29) is 24.8 Å². The van der Waals surface area contributed by atoms with Crippen molar-refractivity contribution in [2.24, 2.45) is 5.92 Å². The Hall–Kier alpha value is -3.49. The van der Waals surface area contributed by atoms with Gasteiger partial charge in [-0.05, 0) is 17.7 Å². The van der Waals surface area contributed by atoms with E-state index in [1.165, 1.54) is 21.3 Å². The molecule has 1 atom stereocenters. The standard InChI is InChI=1S/C22H28N4O5/c1-25(2)19-8-14(6-7-23-19)12-24-22(28)15-9-20(27)26(13-15)16-10-17(29-3)21(31-5)18(11-16)30-4/h6-8,10-11,15H,9,12-13H2,1-5H3,(H,24,28). The van der Waals surface area contributed by atoms with E-state index >= 15 is 0 Å². The molecule has 0 bridgehead atoms. The third-order valence-electron chi connectivity index (χ3n) is 5.19. The topological polar surface area (TPSA) is 93.2 Å². The van der Waals surface area contributed by atoms with Gasteiger partial charge in [-0.25, -0.2) is 4.98 Å². The number of nitrogens with zero attached hydrogens (tertiary/aromatic N) is 3. The minimum absolute atomic E-state index is 0.131. The zero-order valence-corrected chi connectivity index (χ0v) is 18.5. The molecule has 1 saturated heterocycles. The molecule has 1 fully saturated rings. The molecule has 2 aromatic rings. The number of carbonyl (C=O) groups is 2. The average molecular weight is 428 g/mol. The van der Waals surface area contributed by atoms with E-state index in [4.69, 9.17) is 14.2 Å². The van der Waals surface area contributed by atoms with Gasteiger partial charge in [0.1, 0.15) is 5.82 Å². The van der Waals surface area contributed by atoms with Crippen molar-refractivity contribution in [1.29, 1.82) is 0 Å². The van der Waals surface area contributed by atoms with Gasteiger partial charge in [-0.3, -0.25) is 9.59 Å². The Kier molecular flexibility index (Phi) is 6.84. The van der Waals surface area contributed by atoms with Crippen LogP contribution in [-0.2, 0) is 16.1 Å². The Morgan fingerprint density at radius 2 is 1.84 bits per heavy atom. The van der Waals surface area contributed by atoms with Crippen molar-refractivity contribution in [2.45, 2.75) is 13.0 Å². The van der Waals surface area contributed by atoms with E-state index in [9.17, 15) is 9.59 Å². The fourth-order valence-corrected chi connectivity index (χ4v) is 3.50. The van der Waals surface area contributed by atoms with E-state index in [0.717, 1.165) is 11.4 Å². The molecule has 0 radical (unpaired) electrons. The van der Waals surface area contributed by atoms with Gasteiger partial charge in [-0.1, -0.05) is 0 Å². The highest BCUT2D eigenvalue weighted by atomic mass is 16.5. The van der Waals surface area contributed by atoms with Crippen molar-refractivity contribution in [3.05, 3.63) is 36.0 Å². The normalized spacial score (nSPS) is 15.6. The lowest BCUT2D eigenvalue weighted by molar-refractivity contribution is -0.126. The predicted octanol–water partition coefficient (Wildman–Crippen LogP) is 1.84. The Bertz CT molecular complexity index is 938. The van der Waals surface area contributed by atoms with Gasteiger partial charge in [0.15, 0.2) is 11.5 Å². The summed E-state index contributed by atoms with van der Waals surface area (Å²) in [6.07, 6.45) is 1.85. The molecule has 9 nitrogen and oxygen atoms in total. The highest BCUT2D eigenvalue weighted by Gasteiger charge is 2.36. The van der Waals surface area contributed by atoms with Crippen molar-refractivity contribution in [3.63, 3.8) is 0 Å². The summed E-state index contributed by atoms with van der Waals surface area (Å²) in [7, 11) is 8.37. The van der Waals surface area contributed by atoms with Crippen molar-refractivity contribution in [3.8, 4) is 17.2 Å². The maximum atomic E-state index is 12.7. The quantitative estimate of drug-likeness (QED) is 0.686. The first-order valence-corrected chi connectivity index (χ1v) is 9.88. The van der Waals surface area contributed by atoms with Crippen LogP contribution in [0.4, 0.5) is 11.5 Å². The lowest BCUT2D eigenvalue weighted by Crippen LogP contribution is -2.32. The molecular formula is C22H28N4O5. The molecule has 2 amide bonds. The fourth-order valence-electron chi connectivity index (χ4n) is 3.50. The highest BCUT2D eigenvalue weighted by molar-refractivity contribution is 6.00. The number of benzene rings is 1. The molecule has 0 saturated carbocycles. The van der Waals surface area contributed by atoms with Crippen LogP contribution in [0.3, 0.4) is 0 Å². The highest BCUT2D eigenvalue weighted by Crippen LogP contribution is 2.42. The molecule has 1 aromatic heterocycles. The van der Waals surface area contributed by atoms with Crippen LogP contribution in [0.15, 0.2) is 30.5 Å². The Morgan fingerprint density at radius 3 is 2.42 bits per heavy atom. The molecule has 3 rings (SSSR count). The van der Waals surface area contributed by atoms with Gasteiger partial charge < -0.3 is 29.3 Å². The number of rotatable bonds is 8. The molecule has 1 unspecified atom stereocenters. The summed E-state index contributed by atoms with van der Waals surface area (Å²) in [5, 5.41) is 2.93. The summed E-state index contributed by atoms with van der Waals surface area (Å²) in [5.41, 5.74) is 1.54. The Morgan fingerprint density at radius 1 is 1.16 bits per heavy atom. The van der Waals surface area contributed by atoms with Gasteiger partial charge in [0, 0.05) is 51.9 Å². The predicted molar refractivity (Wildman–Crippen MR) is 117 cm³/mol. The number of pyridine rings is 1. The van der Waals surface area contributed by atoms with Gasteiger partial charge in [0.05, 0.1) is 32.9 Å². The van der Waals surface area contributed by atoms with Gasteiger partial charge in [-0.2, -0.15) is 0 Å². The van der Waals surface area contributed by atoms with Gasteiger partial charge in [-0.15, -0.1) is 0 Å². The van der Waals surface area contributed by atoms with E-state index < -0.39 is 5.92 Å². The number of anilines is 2. The summed E-state index contributed by atoms with van der Waals surface area (Å²) in [4.78, 5) is 33.1. The molecule has 166 valence electrons. The van der Waals surface area contributed by atoms with Crippen molar-refractivity contribution in [2.75, 3.05) is 51.8 Å². The number of ether oxygens (including phenoxy) is 3. The van der Waals surface area contributed by atoms with E-state index in [0.29, 0.717) is 29.5 Å². The molecule has 0 aliphatic carbocycles. The first-order valence-electron chi connectivity index (χ1n) is 9.88. The number of hydrogen-bond donors (Lipinski definition) is 1. The lowest BCUT2D eigenvalue weighted by atomic mass is 10.1. The summed E-state index contributed by atoms with van der Waals surface area (Å²) in [6, 6.07) is 7.19. The summed E-state index contributed by atoms with van der Waals surface area (Å²) < 4.78 is 16.1. The van der Waals surface area contributed by atoms with E-state index in [2.05, 4.69) is 10.3 Å². The van der Waals surface area contributed by atoms with Crippen LogP contribution in [0, 0.1) is 5.92 Å². The SMILES string of the molecule is COc1cc(N2CC(C(=O)NCc3ccnc(N(C)C)c3)CC2=O)cc(OC)c1OC. The Balaban J connectivity index is 1.70. The first-order chi connectivity index (χ1) is 14.9. The van der Waals surface area contributed by atoms with Crippen LogP contribution in [-0.4, -0.2) is 58.8 Å². The molecule has 1 aliphatic rings. The second-order valence-corrected chi connectivity index (χ2v) is 7.42. The fraction of sp³-hybridized carbons (Fsp3) is 0.409. The zero-order chi connectivity index (χ0) is 22.5. The summed E-state index contributed by atoms with van der Waals surface area (Å²) in [6.45, 7) is 0.652. The van der Waals surface area contributed by atoms with Gasteiger partial charge in [0.25, 0.3) is 0 Å². The molecule has 9 heteroatoms. The first kappa shape index (κ1) is 22.2. The molecule has 2 heterocycles. The van der Waals surface area contributed by atoms with Crippen molar-refractivity contribution < 1.29 is 23.8 Å². The minimum Gasteiger partial charge on any atom is -0.493 e. The average Bonchev–Trinajstić information content (AvgIpc) is 3.18. The Labute approximate surface area is 181 Å². The largest absolute Gasteiger partial charge is 0.493 e. The van der Waals surface area contributed by atoms with Crippen LogP contribution >= 0.6 is 0 Å². The number of amides is 2. The molecule has 1 aliphatic heterocycles. The smallest absolute Gasteiger partial charge is 0.227 e. The third kappa shape index (κ3) is 4.82. The van der Waals surface area contributed by atoms with Gasteiger partial charge in [0.2, 0.25) is 17.6 Å². The number of nitrogens with one attached hydrogen (secondary N) is 1. The van der Waals surface area contributed by atoms with E-state index in [1.807, 2.05) is 31.1 Å². The van der Waals surface area contributed by atoms with Crippen molar-refractivity contribution >= 4 is 23.3 Å². The maximum absolute atomic E-state index is 12.7. The lowest BCUT2D eigenvalue weighted by Gasteiger charge is -2.20. The molecule has 1 aromatic carbocycles. The number of hydrogen-bond acceptors (Lipinski definition) is 7. The van der Waals surface area contributed by atoms with Crippen LogP contribution in [0.25, 0.3) is 0 Å². The molecular weight excluding hydrogens is 400 g/mol. The van der Waals surface area contributed by atoms with E-state index in [1.54, 1.807) is 23.2 Å². The second kappa shape index (κ2) is 9.55. The molecule has 31 heavy (non-hydrogen) atoms. The van der Waals surface area contributed by atoms with Gasteiger partial charge >= 0.3 is 0 Å². The van der Waals surface area contributed by atoms with Crippen LogP contribution in [0.2, 0.25) is 0 Å². The van der Waals surface area contributed by atoms with Crippen LogP contribution < -0.4 is 29.3 Å². The number of aromatic nitrogens is 1. The molecule has 1 N–H and O–H groups in total. The monoisotopic (exact) mass is 428 g/mol.